The molecule has 0 radical (unpaired) electrons. The molecule has 2 aromatic carbocycles. The van der Waals surface area contributed by atoms with E-state index in [1.54, 1.807) is 48.5 Å². The van der Waals surface area contributed by atoms with Gasteiger partial charge >= 0.3 is 0 Å². The molecule has 0 unspecified atom stereocenters. The predicted molar refractivity (Wildman–Crippen MR) is 88.0 cm³/mol. The highest BCUT2D eigenvalue weighted by atomic mass is 32.2. The van der Waals surface area contributed by atoms with Crippen LogP contribution in [0, 0.1) is 0 Å². The van der Waals surface area contributed by atoms with Crippen molar-refractivity contribution in [2.24, 2.45) is 0 Å². The van der Waals surface area contributed by atoms with E-state index in [0.29, 0.717) is 0 Å². The van der Waals surface area contributed by atoms with Gasteiger partial charge < -0.3 is 0 Å². The van der Waals surface area contributed by atoms with Crippen molar-refractivity contribution in [2.45, 2.75) is 9.79 Å². The fourth-order valence-corrected chi connectivity index (χ4v) is 3.11. The largest absolute Gasteiger partial charge is 0.224 e. The summed E-state index contributed by atoms with van der Waals surface area (Å²) in [4.78, 5) is 0.560. The van der Waals surface area contributed by atoms with Gasteiger partial charge in [-0.25, -0.2) is 16.8 Å². The summed E-state index contributed by atoms with van der Waals surface area (Å²) in [6.07, 6.45) is 6.01. The standard InChI is InChI=1S/C16H16O4S2/c1-21(17,18)15-9-5-13(6-10-15)3-4-14-7-11-16(12-8-14)22(2,19)20/h3-12H,1-2H3. The highest BCUT2D eigenvalue weighted by Gasteiger charge is 2.06. The zero-order valence-corrected chi connectivity index (χ0v) is 13.9. The van der Waals surface area contributed by atoms with Crippen molar-refractivity contribution < 1.29 is 16.8 Å². The second-order valence-electron chi connectivity index (χ2n) is 5.02. The number of benzene rings is 2. The molecule has 0 N–H and O–H groups in total. The van der Waals surface area contributed by atoms with Gasteiger partial charge in [0.15, 0.2) is 19.7 Å². The van der Waals surface area contributed by atoms with Crippen LogP contribution in [-0.4, -0.2) is 29.3 Å². The minimum Gasteiger partial charge on any atom is -0.224 e. The van der Waals surface area contributed by atoms with Crippen LogP contribution >= 0.6 is 0 Å². The first-order valence-corrected chi connectivity index (χ1v) is 10.2. The van der Waals surface area contributed by atoms with Crippen molar-refractivity contribution in [1.29, 1.82) is 0 Å². The lowest BCUT2D eigenvalue weighted by Gasteiger charge is -2.00. The molecule has 0 aliphatic heterocycles. The Bertz CT molecular complexity index is 812. The normalized spacial score (nSPS) is 12.6. The molecule has 2 aromatic rings. The van der Waals surface area contributed by atoms with Gasteiger partial charge in [-0.2, -0.15) is 0 Å². The van der Waals surface area contributed by atoms with Gasteiger partial charge in [0.25, 0.3) is 0 Å². The topological polar surface area (TPSA) is 68.3 Å². The van der Waals surface area contributed by atoms with Crippen LogP contribution in [0.4, 0.5) is 0 Å². The van der Waals surface area contributed by atoms with Crippen LogP contribution in [0.3, 0.4) is 0 Å². The van der Waals surface area contributed by atoms with Crippen LogP contribution in [0.5, 0.6) is 0 Å². The van der Waals surface area contributed by atoms with Gasteiger partial charge in [0.05, 0.1) is 9.79 Å². The molecule has 0 fully saturated rings. The monoisotopic (exact) mass is 336 g/mol. The summed E-state index contributed by atoms with van der Waals surface area (Å²) in [7, 11) is -6.37. The van der Waals surface area contributed by atoms with Crippen LogP contribution in [-0.2, 0) is 19.7 Å². The minimum absolute atomic E-state index is 0.280. The molecule has 22 heavy (non-hydrogen) atoms. The molecule has 0 bridgehead atoms. The van der Waals surface area contributed by atoms with E-state index in [1.807, 2.05) is 12.2 Å². The summed E-state index contributed by atoms with van der Waals surface area (Å²) in [6.45, 7) is 0. The fraction of sp³-hybridized carbons (Fsp3) is 0.125. The number of hydrogen-bond acceptors (Lipinski definition) is 4. The highest BCUT2D eigenvalue weighted by molar-refractivity contribution is 7.91. The zero-order chi connectivity index (χ0) is 16.4. The third-order valence-corrected chi connectivity index (χ3v) is 5.34. The molecule has 0 saturated heterocycles. The van der Waals surface area contributed by atoms with Gasteiger partial charge in [-0.1, -0.05) is 36.4 Å². The van der Waals surface area contributed by atoms with Gasteiger partial charge in [0.1, 0.15) is 0 Å². The Morgan fingerprint density at radius 2 is 0.864 bits per heavy atom. The maximum absolute atomic E-state index is 11.4. The lowest BCUT2D eigenvalue weighted by atomic mass is 10.1. The Balaban J connectivity index is 2.18. The molecule has 0 aliphatic carbocycles. The molecule has 0 amide bonds. The number of sulfone groups is 2. The smallest absolute Gasteiger partial charge is 0.175 e. The van der Waals surface area contributed by atoms with Gasteiger partial charge in [-0.15, -0.1) is 0 Å². The van der Waals surface area contributed by atoms with E-state index in [1.165, 1.54) is 12.5 Å². The average molecular weight is 336 g/mol. The van der Waals surface area contributed by atoms with Crippen molar-refractivity contribution in [1.82, 2.24) is 0 Å². The number of rotatable bonds is 4. The second kappa shape index (κ2) is 6.06. The molecule has 0 aliphatic rings. The van der Waals surface area contributed by atoms with Crippen LogP contribution in [0.2, 0.25) is 0 Å². The zero-order valence-electron chi connectivity index (χ0n) is 12.2. The SMILES string of the molecule is CS(=O)(=O)c1ccc(C=Cc2ccc(S(C)(=O)=O)cc2)cc1. The van der Waals surface area contributed by atoms with Gasteiger partial charge in [0.2, 0.25) is 0 Å². The molecular weight excluding hydrogens is 320 g/mol. The second-order valence-corrected chi connectivity index (χ2v) is 9.05. The first kappa shape index (κ1) is 16.5. The molecular formula is C16H16O4S2. The molecule has 4 nitrogen and oxygen atoms in total. The van der Waals surface area contributed by atoms with Crippen molar-refractivity contribution in [3.05, 3.63) is 59.7 Å². The molecule has 0 atom stereocenters. The number of hydrogen-bond donors (Lipinski definition) is 0. The van der Waals surface area contributed by atoms with Crippen LogP contribution in [0.1, 0.15) is 11.1 Å². The van der Waals surface area contributed by atoms with Crippen molar-refractivity contribution >= 4 is 31.8 Å². The summed E-state index contributed by atoms with van der Waals surface area (Å²) < 4.78 is 45.5. The Kier molecular flexibility index (Phi) is 4.53. The van der Waals surface area contributed by atoms with Crippen LogP contribution in [0.15, 0.2) is 58.3 Å². The van der Waals surface area contributed by atoms with E-state index in [0.717, 1.165) is 11.1 Å². The Morgan fingerprint density at radius 3 is 1.09 bits per heavy atom. The van der Waals surface area contributed by atoms with Gasteiger partial charge in [-0.3, -0.25) is 0 Å². The van der Waals surface area contributed by atoms with E-state index in [-0.39, 0.29) is 9.79 Å². The van der Waals surface area contributed by atoms with Crippen molar-refractivity contribution in [2.75, 3.05) is 12.5 Å². The molecule has 0 saturated carbocycles. The fourth-order valence-electron chi connectivity index (χ4n) is 1.84. The summed E-state index contributed by atoms with van der Waals surface area (Å²) >= 11 is 0. The molecule has 6 heteroatoms. The summed E-state index contributed by atoms with van der Waals surface area (Å²) in [5.41, 5.74) is 1.72. The quantitative estimate of drug-likeness (QED) is 0.805. The maximum atomic E-state index is 11.4. The van der Waals surface area contributed by atoms with E-state index in [4.69, 9.17) is 0 Å². The predicted octanol–water partition coefficient (Wildman–Crippen LogP) is 2.66. The van der Waals surface area contributed by atoms with E-state index >= 15 is 0 Å². The van der Waals surface area contributed by atoms with Crippen LogP contribution in [0.25, 0.3) is 12.2 Å². The average Bonchev–Trinajstić information content (AvgIpc) is 2.44. The summed E-state index contributed by atoms with van der Waals surface area (Å²) in [5.74, 6) is 0. The van der Waals surface area contributed by atoms with Crippen molar-refractivity contribution in [3.8, 4) is 0 Å². The lowest BCUT2D eigenvalue weighted by molar-refractivity contribution is 0.600. The Labute approximate surface area is 131 Å². The molecule has 116 valence electrons. The van der Waals surface area contributed by atoms with E-state index in [9.17, 15) is 16.8 Å². The first-order chi connectivity index (χ1) is 10.2. The molecule has 0 heterocycles. The first-order valence-electron chi connectivity index (χ1n) is 6.44. The third-order valence-electron chi connectivity index (χ3n) is 3.08. The Hall–Kier alpha value is -1.92. The van der Waals surface area contributed by atoms with Crippen molar-refractivity contribution in [3.63, 3.8) is 0 Å². The van der Waals surface area contributed by atoms with Gasteiger partial charge in [-0.05, 0) is 35.4 Å². The van der Waals surface area contributed by atoms with E-state index in [2.05, 4.69) is 0 Å². The Morgan fingerprint density at radius 1 is 0.591 bits per heavy atom. The van der Waals surface area contributed by atoms with Crippen LogP contribution < -0.4 is 0 Å². The molecule has 0 aromatic heterocycles. The minimum atomic E-state index is -3.19. The summed E-state index contributed by atoms with van der Waals surface area (Å²) in [6, 6.07) is 13.1. The third kappa shape index (κ3) is 4.29. The molecule has 2 rings (SSSR count). The van der Waals surface area contributed by atoms with E-state index < -0.39 is 19.7 Å². The van der Waals surface area contributed by atoms with Gasteiger partial charge in [0, 0.05) is 12.5 Å². The molecule has 0 spiro atoms. The maximum Gasteiger partial charge on any atom is 0.175 e. The summed E-state index contributed by atoms with van der Waals surface area (Å²) in [5, 5.41) is 0. The lowest BCUT2D eigenvalue weighted by Crippen LogP contribution is -1.96. The highest BCUT2D eigenvalue weighted by Crippen LogP contribution is 2.15.